The highest BCUT2D eigenvalue weighted by molar-refractivity contribution is 5.21. The number of oxime groups is 1. The zero-order valence-electron chi connectivity index (χ0n) is 2.90. The van der Waals surface area contributed by atoms with E-state index in [0.29, 0.717) is 0 Å². The standard InChI is InChI=1S/C2H3F2NO/c1-5-6-2(3)4/h2H,1H2. The maximum absolute atomic E-state index is 10.7. The lowest BCUT2D eigenvalue weighted by molar-refractivity contribution is -0.127. The van der Waals surface area contributed by atoms with Gasteiger partial charge in [-0.1, -0.05) is 5.16 Å². The van der Waals surface area contributed by atoms with Gasteiger partial charge in [0.1, 0.15) is 0 Å². The molecule has 0 spiro atoms. The van der Waals surface area contributed by atoms with Crippen LogP contribution in [-0.4, -0.2) is 13.3 Å². The average molecular weight is 95.0 g/mol. The lowest BCUT2D eigenvalue weighted by Crippen LogP contribution is -1.88. The molecule has 0 aromatic carbocycles. The Kier molecular flexibility index (Phi) is 2.27. The molecule has 0 atom stereocenters. The van der Waals surface area contributed by atoms with E-state index in [1.165, 1.54) is 0 Å². The van der Waals surface area contributed by atoms with E-state index in [4.69, 9.17) is 0 Å². The molecular weight excluding hydrogens is 92.0 g/mol. The molecule has 36 valence electrons. The molecule has 2 nitrogen and oxygen atoms in total. The second kappa shape index (κ2) is 2.56. The Labute approximate surface area is 33.4 Å². The lowest BCUT2D eigenvalue weighted by atomic mass is 11.5. The van der Waals surface area contributed by atoms with Crippen LogP contribution in [0.1, 0.15) is 0 Å². The highest BCUT2D eigenvalue weighted by Gasteiger charge is 1.94. The van der Waals surface area contributed by atoms with Gasteiger partial charge in [0, 0.05) is 6.72 Å². The van der Waals surface area contributed by atoms with E-state index in [2.05, 4.69) is 16.7 Å². The number of halogens is 2. The molecule has 4 heteroatoms. The molecule has 0 N–H and O–H groups in total. The van der Waals surface area contributed by atoms with Crippen LogP contribution in [0.15, 0.2) is 5.16 Å². The first kappa shape index (κ1) is 5.33. The molecule has 0 bridgehead atoms. The molecule has 0 radical (unpaired) electrons. The van der Waals surface area contributed by atoms with E-state index in [1.54, 1.807) is 0 Å². The van der Waals surface area contributed by atoms with Crippen molar-refractivity contribution in [1.82, 2.24) is 0 Å². The van der Waals surface area contributed by atoms with Crippen molar-refractivity contribution in [3.8, 4) is 0 Å². The lowest BCUT2D eigenvalue weighted by Gasteiger charge is -1.88. The summed E-state index contributed by atoms with van der Waals surface area (Å²) in [6.07, 6.45) is 0. The Morgan fingerprint density at radius 2 is 2.17 bits per heavy atom. The third-order valence-electron chi connectivity index (χ3n) is 0.154. The summed E-state index contributed by atoms with van der Waals surface area (Å²) in [6.45, 7) is -0.182. The van der Waals surface area contributed by atoms with Gasteiger partial charge in [0.25, 0.3) is 0 Å². The zero-order valence-corrected chi connectivity index (χ0v) is 2.90. The zero-order chi connectivity index (χ0) is 4.99. The molecule has 6 heavy (non-hydrogen) atoms. The Bertz CT molecular complexity index is 46.8. The number of nitrogens with zero attached hydrogens (tertiary/aromatic N) is 1. The second-order valence-corrected chi connectivity index (χ2v) is 0.495. The minimum Gasteiger partial charge on any atom is -0.326 e. The molecule has 0 aliphatic rings. The van der Waals surface area contributed by atoms with Crippen LogP contribution in [0.5, 0.6) is 0 Å². The van der Waals surface area contributed by atoms with Crippen molar-refractivity contribution >= 4 is 6.72 Å². The smallest absolute Gasteiger partial charge is 0.326 e. The Morgan fingerprint density at radius 3 is 2.17 bits per heavy atom. The van der Waals surface area contributed by atoms with Crippen LogP contribution < -0.4 is 0 Å². The van der Waals surface area contributed by atoms with Crippen molar-refractivity contribution in [1.29, 1.82) is 0 Å². The molecule has 0 aromatic rings. The molecule has 0 amide bonds. The summed E-state index contributed by atoms with van der Waals surface area (Å²) < 4.78 is 21.4. The van der Waals surface area contributed by atoms with E-state index in [9.17, 15) is 8.78 Å². The summed E-state index contributed by atoms with van der Waals surface area (Å²) in [5.41, 5.74) is 0. The van der Waals surface area contributed by atoms with Gasteiger partial charge in [0.05, 0.1) is 0 Å². The summed E-state index contributed by atoms with van der Waals surface area (Å²) in [5.74, 6) is 0. The quantitative estimate of drug-likeness (QED) is 0.368. The van der Waals surface area contributed by atoms with Gasteiger partial charge in [-0.15, -0.1) is 0 Å². The van der Waals surface area contributed by atoms with Crippen LogP contribution in [-0.2, 0) is 4.84 Å². The molecule has 0 rings (SSSR count). The highest BCUT2D eigenvalue weighted by Crippen LogP contribution is 1.91. The fraction of sp³-hybridized carbons (Fsp3) is 0.500. The number of hydrogen-bond donors (Lipinski definition) is 0. The first-order valence-electron chi connectivity index (χ1n) is 1.17. The highest BCUT2D eigenvalue weighted by atomic mass is 19.3. The van der Waals surface area contributed by atoms with Crippen molar-refractivity contribution in [2.75, 3.05) is 0 Å². The Hall–Kier alpha value is -0.670. The summed E-state index contributed by atoms with van der Waals surface area (Å²) in [4.78, 5) is 3.22. The predicted octanol–water partition coefficient (Wildman–Crippen LogP) is 0.841. The second-order valence-electron chi connectivity index (χ2n) is 0.495. The molecule has 0 aromatic heterocycles. The van der Waals surface area contributed by atoms with Crippen LogP contribution in [0.2, 0.25) is 0 Å². The van der Waals surface area contributed by atoms with Gasteiger partial charge in [-0.2, -0.15) is 8.78 Å². The van der Waals surface area contributed by atoms with Crippen LogP contribution in [0.25, 0.3) is 0 Å². The topological polar surface area (TPSA) is 21.6 Å². The normalized spacial score (nSPS) is 8.50. The fourth-order valence-corrected chi connectivity index (χ4v) is 0.0563. The van der Waals surface area contributed by atoms with Crippen LogP contribution in [0.3, 0.4) is 0 Å². The van der Waals surface area contributed by atoms with Crippen molar-refractivity contribution < 1.29 is 13.6 Å². The van der Waals surface area contributed by atoms with Crippen LogP contribution >= 0.6 is 0 Å². The summed E-state index contributed by atoms with van der Waals surface area (Å²) in [7, 11) is 0. The van der Waals surface area contributed by atoms with Crippen molar-refractivity contribution in [3.63, 3.8) is 0 Å². The minimum absolute atomic E-state index is 2.44. The summed E-state index contributed by atoms with van der Waals surface area (Å²) in [5, 5.41) is 2.44. The maximum Gasteiger partial charge on any atom is 0.407 e. The van der Waals surface area contributed by atoms with Gasteiger partial charge < -0.3 is 4.84 Å². The molecule has 0 fully saturated rings. The first-order valence-corrected chi connectivity index (χ1v) is 1.17. The van der Waals surface area contributed by atoms with Gasteiger partial charge in [0.15, 0.2) is 0 Å². The third-order valence-corrected chi connectivity index (χ3v) is 0.154. The predicted molar refractivity (Wildman–Crippen MR) is 16.6 cm³/mol. The molecule has 0 heterocycles. The van der Waals surface area contributed by atoms with E-state index in [0.717, 1.165) is 0 Å². The monoisotopic (exact) mass is 95.0 g/mol. The fourth-order valence-electron chi connectivity index (χ4n) is 0.0563. The van der Waals surface area contributed by atoms with Gasteiger partial charge in [0.2, 0.25) is 0 Å². The maximum atomic E-state index is 10.7. The summed E-state index contributed by atoms with van der Waals surface area (Å²) >= 11 is 0. The Morgan fingerprint density at radius 1 is 1.67 bits per heavy atom. The van der Waals surface area contributed by atoms with Gasteiger partial charge in [-0.3, -0.25) is 0 Å². The molecule has 0 aliphatic heterocycles. The molecule has 0 aliphatic carbocycles. The molecule has 0 unspecified atom stereocenters. The largest absolute Gasteiger partial charge is 0.407 e. The molecular formula is C2H3F2NO. The number of alkyl halides is 2. The van der Waals surface area contributed by atoms with E-state index in [1.807, 2.05) is 0 Å². The Balaban J connectivity index is 2.81. The van der Waals surface area contributed by atoms with Crippen molar-refractivity contribution in [2.24, 2.45) is 5.16 Å². The van der Waals surface area contributed by atoms with Crippen LogP contribution in [0, 0.1) is 0 Å². The average Bonchev–Trinajstić information content (AvgIpc) is 1.35. The van der Waals surface area contributed by atoms with E-state index in [-0.39, 0.29) is 0 Å². The summed E-state index contributed by atoms with van der Waals surface area (Å²) in [6, 6.07) is 0. The molecule has 0 saturated carbocycles. The first-order chi connectivity index (χ1) is 2.77. The number of hydrogen-bond acceptors (Lipinski definition) is 2. The number of rotatable bonds is 2. The van der Waals surface area contributed by atoms with E-state index >= 15 is 0 Å². The third kappa shape index (κ3) is 3.33. The van der Waals surface area contributed by atoms with Crippen LogP contribution in [0.4, 0.5) is 8.78 Å². The molecule has 0 saturated heterocycles. The van der Waals surface area contributed by atoms with E-state index < -0.39 is 6.61 Å². The van der Waals surface area contributed by atoms with Gasteiger partial charge in [-0.05, 0) is 0 Å². The van der Waals surface area contributed by atoms with Gasteiger partial charge in [-0.25, -0.2) is 0 Å². The van der Waals surface area contributed by atoms with Gasteiger partial charge >= 0.3 is 6.61 Å². The van der Waals surface area contributed by atoms with Crippen molar-refractivity contribution in [3.05, 3.63) is 0 Å². The minimum atomic E-state index is -2.83. The van der Waals surface area contributed by atoms with Crippen molar-refractivity contribution in [2.45, 2.75) is 6.61 Å². The SMILES string of the molecule is C=NOC(F)F.